The van der Waals surface area contributed by atoms with Crippen molar-refractivity contribution >= 4 is 11.7 Å². The first kappa shape index (κ1) is 31.8. The average molecular weight is 401 g/mol. The van der Waals surface area contributed by atoms with E-state index >= 15 is 0 Å². The lowest BCUT2D eigenvalue weighted by Crippen LogP contribution is -2.45. The third kappa shape index (κ3) is 11.8. The van der Waals surface area contributed by atoms with Crippen molar-refractivity contribution in [1.82, 2.24) is 9.80 Å². The summed E-state index contributed by atoms with van der Waals surface area (Å²) >= 11 is 0. The van der Waals surface area contributed by atoms with Crippen LogP contribution in [-0.4, -0.2) is 54.7 Å². The van der Waals surface area contributed by atoms with Crippen LogP contribution in [0.2, 0.25) is 0 Å². The van der Waals surface area contributed by atoms with E-state index < -0.39 is 0 Å². The molecule has 0 N–H and O–H groups in total. The summed E-state index contributed by atoms with van der Waals surface area (Å²) in [5, 5.41) is 0. The third-order valence-electron chi connectivity index (χ3n) is 5.37. The highest BCUT2D eigenvalue weighted by Crippen LogP contribution is 2.32. The molecule has 4 heteroatoms. The van der Waals surface area contributed by atoms with E-state index in [9.17, 15) is 9.59 Å². The number of carbonyl (C=O) groups excluding carboxylic acids is 2. The number of Topliss-reactive ketones (excluding diaryl/α,β-unsaturated/α-hetero) is 1. The summed E-state index contributed by atoms with van der Waals surface area (Å²) < 4.78 is 0. The largest absolute Gasteiger partial charge is 0.343 e. The molecule has 0 aromatic rings. The van der Waals surface area contributed by atoms with Crippen LogP contribution in [0.1, 0.15) is 101 Å². The molecule has 0 saturated carbocycles. The van der Waals surface area contributed by atoms with Crippen LogP contribution in [0, 0.1) is 11.3 Å². The fourth-order valence-electron chi connectivity index (χ4n) is 3.24. The van der Waals surface area contributed by atoms with Gasteiger partial charge in [-0.25, -0.2) is 0 Å². The Morgan fingerprint density at radius 2 is 1.21 bits per heavy atom. The number of nitrogens with zero attached hydrogens (tertiary/aromatic N) is 2. The van der Waals surface area contributed by atoms with Gasteiger partial charge in [-0.3, -0.25) is 9.59 Å². The van der Waals surface area contributed by atoms with Crippen molar-refractivity contribution in [3.05, 3.63) is 0 Å². The Labute approximate surface area is 177 Å². The van der Waals surface area contributed by atoms with Crippen molar-refractivity contribution in [2.24, 2.45) is 11.3 Å². The van der Waals surface area contributed by atoms with Crippen molar-refractivity contribution in [1.29, 1.82) is 0 Å². The first-order chi connectivity index (χ1) is 13.4. The van der Waals surface area contributed by atoms with Crippen LogP contribution in [0.4, 0.5) is 0 Å². The van der Waals surface area contributed by atoms with E-state index in [-0.39, 0.29) is 11.2 Å². The first-order valence-electron chi connectivity index (χ1n) is 11.9. The zero-order valence-electron chi connectivity index (χ0n) is 21.2. The number of carbonyl (C=O) groups is 2. The predicted octanol–water partition coefficient (Wildman–Crippen LogP) is 6.04. The van der Waals surface area contributed by atoms with Gasteiger partial charge in [0.15, 0.2) is 0 Å². The molecule has 2 rings (SSSR count). The van der Waals surface area contributed by atoms with E-state index in [4.69, 9.17) is 0 Å². The van der Waals surface area contributed by atoms with E-state index in [1.807, 2.05) is 67.2 Å². The molecule has 28 heavy (non-hydrogen) atoms. The summed E-state index contributed by atoms with van der Waals surface area (Å²) in [6, 6.07) is 0. The Morgan fingerprint density at radius 1 is 0.821 bits per heavy atom. The maximum Gasteiger partial charge on any atom is 0.222 e. The minimum atomic E-state index is -0.204. The molecular formula is C24H52N2O2. The predicted molar refractivity (Wildman–Crippen MR) is 125 cm³/mol. The molecule has 0 aromatic heterocycles. The molecule has 0 bridgehead atoms. The van der Waals surface area contributed by atoms with Gasteiger partial charge in [-0.1, -0.05) is 62.3 Å². The molecule has 170 valence electrons. The van der Waals surface area contributed by atoms with E-state index in [0.29, 0.717) is 18.2 Å². The van der Waals surface area contributed by atoms with Gasteiger partial charge in [-0.15, -0.1) is 0 Å². The molecule has 0 unspecified atom stereocenters. The quantitative estimate of drug-likeness (QED) is 0.580. The Hall–Kier alpha value is -0.900. The summed E-state index contributed by atoms with van der Waals surface area (Å²) in [5.74, 6) is 1.12. The molecule has 0 aromatic carbocycles. The van der Waals surface area contributed by atoms with Crippen LogP contribution >= 0.6 is 0 Å². The van der Waals surface area contributed by atoms with Crippen LogP contribution < -0.4 is 0 Å². The summed E-state index contributed by atoms with van der Waals surface area (Å²) in [6.07, 6.45) is 4.62. The lowest BCUT2D eigenvalue weighted by molar-refractivity contribution is -0.138. The highest BCUT2D eigenvalue weighted by molar-refractivity contribution is 5.82. The van der Waals surface area contributed by atoms with Gasteiger partial charge in [0.1, 0.15) is 5.78 Å². The Kier molecular flexibility index (Phi) is 22.0. The number of likely N-dealkylation sites (tertiary alicyclic amines) is 2. The minimum absolute atomic E-state index is 0.204. The van der Waals surface area contributed by atoms with Crippen molar-refractivity contribution in [2.45, 2.75) is 101 Å². The highest BCUT2D eigenvalue weighted by atomic mass is 16.2. The maximum atomic E-state index is 12.4. The molecule has 2 heterocycles. The van der Waals surface area contributed by atoms with E-state index in [2.05, 4.69) is 11.9 Å². The van der Waals surface area contributed by atoms with Gasteiger partial charge < -0.3 is 9.80 Å². The average Bonchev–Trinajstić information content (AvgIpc) is 2.76. The Morgan fingerprint density at radius 3 is 1.57 bits per heavy atom. The van der Waals surface area contributed by atoms with Crippen molar-refractivity contribution in [3.8, 4) is 0 Å². The lowest BCUT2D eigenvalue weighted by Gasteiger charge is -2.38. The third-order valence-corrected chi connectivity index (χ3v) is 5.37. The Bertz CT molecular complexity index is 367. The Balaban J connectivity index is -0.000000695. The van der Waals surface area contributed by atoms with Crippen molar-refractivity contribution < 1.29 is 9.59 Å². The van der Waals surface area contributed by atoms with E-state index in [1.54, 1.807) is 6.92 Å². The maximum absolute atomic E-state index is 12.4. The number of amides is 1. The second-order valence-electron chi connectivity index (χ2n) is 6.95. The van der Waals surface area contributed by atoms with E-state index in [1.165, 1.54) is 0 Å². The molecule has 2 saturated heterocycles. The first-order valence-corrected chi connectivity index (χ1v) is 11.9. The molecule has 2 aliphatic rings. The van der Waals surface area contributed by atoms with Gasteiger partial charge in [-0.2, -0.15) is 0 Å². The van der Waals surface area contributed by atoms with Gasteiger partial charge >= 0.3 is 0 Å². The highest BCUT2D eigenvalue weighted by Gasteiger charge is 2.35. The molecule has 0 aliphatic carbocycles. The van der Waals surface area contributed by atoms with Crippen LogP contribution in [0.25, 0.3) is 0 Å². The van der Waals surface area contributed by atoms with Crippen molar-refractivity contribution in [2.75, 3.05) is 33.2 Å². The van der Waals surface area contributed by atoms with E-state index in [0.717, 1.165) is 51.9 Å². The number of piperidine rings is 2. The smallest absolute Gasteiger partial charge is 0.222 e. The number of ketones is 1. The second-order valence-corrected chi connectivity index (χ2v) is 6.95. The van der Waals surface area contributed by atoms with Crippen LogP contribution in [0.5, 0.6) is 0 Å². The monoisotopic (exact) mass is 400 g/mol. The zero-order chi connectivity index (χ0) is 22.8. The van der Waals surface area contributed by atoms with Crippen molar-refractivity contribution in [3.63, 3.8) is 0 Å². The molecule has 2 fully saturated rings. The number of hydrogen-bond donors (Lipinski definition) is 0. The standard InChI is InChI=1S/C16H28N2O2.4C2H6/c1-13(19)16(2)6-10-18(11-7-16)15(20)12-14-4-8-17(3)9-5-14;4*1-2/h14H,4-12H2,1-3H3;4*1-2H3. The molecule has 2 aliphatic heterocycles. The molecule has 0 atom stereocenters. The molecule has 4 nitrogen and oxygen atoms in total. The molecular weight excluding hydrogens is 348 g/mol. The van der Waals surface area contributed by atoms with Gasteiger partial charge in [0.05, 0.1) is 0 Å². The van der Waals surface area contributed by atoms with Gasteiger partial charge in [0.2, 0.25) is 5.91 Å². The number of hydrogen-bond acceptors (Lipinski definition) is 3. The minimum Gasteiger partial charge on any atom is -0.343 e. The molecule has 1 amide bonds. The lowest BCUT2D eigenvalue weighted by atomic mass is 9.77. The SMILES string of the molecule is CC.CC.CC.CC.CC(=O)C1(C)CCN(C(=O)CC2CCN(C)CC2)CC1. The second kappa shape index (κ2) is 19.4. The van der Waals surface area contributed by atoms with Crippen LogP contribution in [-0.2, 0) is 9.59 Å². The topological polar surface area (TPSA) is 40.6 Å². The van der Waals surface area contributed by atoms with Gasteiger partial charge in [0.25, 0.3) is 0 Å². The zero-order valence-corrected chi connectivity index (χ0v) is 21.2. The normalized spacial score (nSPS) is 18.5. The van der Waals surface area contributed by atoms with Gasteiger partial charge in [-0.05, 0) is 58.7 Å². The summed E-state index contributed by atoms with van der Waals surface area (Å²) in [4.78, 5) is 28.3. The molecule has 0 radical (unpaired) electrons. The summed E-state index contributed by atoms with van der Waals surface area (Å²) in [5.41, 5.74) is -0.204. The summed E-state index contributed by atoms with van der Waals surface area (Å²) in [7, 11) is 2.14. The van der Waals surface area contributed by atoms with Crippen LogP contribution in [0.3, 0.4) is 0 Å². The fourth-order valence-corrected chi connectivity index (χ4v) is 3.24. The van der Waals surface area contributed by atoms with Gasteiger partial charge in [0, 0.05) is 24.9 Å². The molecule has 0 spiro atoms. The summed E-state index contributed by atoms with van der Waals surface area (Å²) in [6.45, 7) is 23.4. The number of rotatable bonds is 3. The van der Waals surface area contributed by atoms with Crippen LogP contribution in [0.15, 0.2) is 0 Å². The fraction of sp³-hybridized carbons (Fsp3) is 0.917.